The lowest BCUT2D eigenvalue weighted by Crippen LogP contribution is -2.39. The second-order valence-electron chi connectivity index (χ2n) is 8.31. The molecule has 2 aromatic heterocycles. The number of carbonyl (C=O) groups excluding carboxylic acids is 1. The van der Waals surface area contributed by atoms with Gasteiger partial charge in [-0.25, -0.2) is 9.97 Å². The van der Waals surface area contributed by atoms with E-state index in [-0.39, 0.29) is 5.91 Å². The molecular weight excluding hydrogens is 350 g/mol. The summed E-state index contributed by atoms with van der Waals surface area (Å²) in [4.78, 5) is 23.3. The quantitative estimate of drug-likeness (QED) is 0.677. The normalized spacial score (nSPS) is 17.6. The second-order valence-corrected chi connectivity index (χ2v) is 8.31. The summed E-state index contributed by atoms with van der Waals surface area (Å²) in [5, 5.41) is 0. The van der Waals surface area contributed by atoms with Gasteiger partial charge in [-0.1, -0.05) is 26.0 Å². The van der Waals surface area contributed by atoms with Crippen molar-refractivity contribution in [3.8, 4) is 11.6 Å². The number of imidazole rings is 2. The van der Waals surface area contributed by atoms with E-state index < -0.39 is 0 Å². The van der Waals surface area contributed by atoms with Gasteiger partial charge in [0.05, 0.1) is 11.0 Å². The average molecular weight is 380 g/mol. The van der Waals surface area contributed by atoms with Crippen molar-refractivity contribution in [2.75, 3.05) is 13.1 Å². The van der Waals surface area contributed by atoms with Gasteiger partial charge in [-0.15, -0.1) is 0 Å². The number of rotatable bonds is 5. The molecule has 1 aliphatic rings. The molecule has 1 saturated heterocycles. The lowest BCUT2D eigenvalue weighted by molar-refractivity contribution is -0.130. The van der Waals surface area contributed by atoms with Crippen LogP contribution in [0.4, 0.5) is 0 Å². The van der Waals surface area contributed by atoms with Gasteiger partial charge >= 0.3 is 0 Å². The molecule has 1 aliphatic heterocycles. The van der Waals surface area contributed by atoms with E-state index >= 15 is 0 Å². The maximum absolute atomic E-state index is 11.8. The predicted molar refractivity (Wildman–Crippen MR) is 111 cm³/mol. The number of para-hydroxylation sites is 2. The van der Waals surface area contributed by atoms with Crippen LogP contribution in [0.15, 0.2) is 36.7 Å². The number of hydrogen-bond donors (Lipinski definition) is 0. The molecule has 1 amide bonds. The molecule has 0 spiro atoms. The van der Waals surface area contributed by atoms with Gasteiger partial charge in [-0.3, -0.25) is 4.79 Å². The maximum atomic E-state index is 11.8. The zero-order chi connectivity index (χ0) is 19.7. The third-order valence-electron chi connectivity index (χ3n) is 5.54. The number of piperidine rings is 1. The molecule has 1 atom stereocenters. The molecule has 6 heteroatoms. The van der Waals surface area contributed by atoms with Crippen molar-refractivity contribution < 1.29 is 4.79 Å². The van der Waals surface area contributed by atoms with Crippen molar-refractivity contribution in [3.05, 3.63) is 36.7 Å². The van der Waals surface area contributed by atoms with Crippen LogP contribution < -0.4 is 0 Å². The Labute approximate surface area is 166 Å². The summed E-state index contributed by atoms with van der Waals surface area (Å²) in [5.41, 5.74) is 2.16. The molecule has 3 heterocycles. The summed E-state index contributed by atoms with van der Waals surface area (Å²) in [5.74, 6) is 2.99. The highest BCUT2D eigenvalue weighted by atomic mass is 16.2. The van der Waals surface area contributed by atoms with Crippen molar-refractivity contribution in [2.45, 2.75) is 46.7 Å². The Balaban J connectivity index is 1.66. The number of carbonyl (C=O) groups is 1. The third kappa shape index (κ3) is 3.68. The van der Waals surface area contributed by atoms with E-state index in [0.717, 1.165) is 61.7 Å². The van der Waals surface area contributed by atoms with Crippen LogP contribution in [0.1, 0.15) is 33.6 Å². The van der Waals surface area contributed by atoms with Crippen LogP contribution >= 0.6 is 0 Å². The fourth-order valence-electron chi connectivity index (χ4n) is 4.24. The zero-order valence-corrected chi connectivity index (χ0v) is 17.0. The van der Waals surface area contributed by atoms with E-state index in [2.05, 4.69) is 46.2 Å². The van der Waals surface area contributed by atoms with E-state index in [1.165, 1.54) is 0 Å². The topological polar surface area (TPSA) is 56.0 Å². The number of hydrogen-bond acceptors (Lipinski definition) is 3. The summed E-state index contributed by atoms with van der Waals surface area (Å²) in [6.45, 7) is 9.60. The predicted octanol–water partition coefficient (Wildman–Crippen LogP) is 3.81. The molecule has 1 aromatic carbocycles. The van der Waals surface area contributed by atoms with Crippen molar-refractivity contribution in [3.63, 3.8) is 0 Å². The molecule has 0 radical (unpaired) electrons. The first-order chi connectivity index (χ1) is 13.5. The van der Waals surface area contributed by atoms with E-state index in [4.69, 9.17) is 4.98 Å². The molecule has 0 bridgehead atoms. The lowest BCUT2D eigenvalue weighted by atomic mass is 9.98. The van der Waals surface area contributed by atoms with Gasteiger partial charge in [-0.05, 0) is 36.8 Å². The fraction of sp³-hybridized carbons (Fsp3) is 0.500. The van der Waals surface area contributed by atoms with Crippen molar-refractivity contribution in [1.82, 2.24) is 24.0 Å². The summed E-state index contributed by atoms with van der Waals surface area (Å²) in [6.07, 6.45) is 6.12. The highest BCUT2D eigenvalue weighted by Gasteiger charge is 2.24. The zero-order valence-electron chi connectivity index (χ0n) is 17.0. The Kier molecular flexibility index (Phi) is 5.20. The minimum Gasteiger partial charge on any atom is -0.343 e. The van der Waals surface area contributed by atoms with Crippen LogP contribution in [0.5, 0.6) is 0 Å². The number of fused-ring (bicyclic) bond motifs is 1. The highest BCUT2D eigenvalue weighted by molar-refractivity contribution is 5.79. The number of nitrogens with zero attached hydrogens (tertiary/aromatic N) is 5. The van der Waals surface area contributed by atoms with Gasteiger partial charge in [0.2, 0.25) is 5.91 Å². The Morgan fingerprint density at radius 1 is 1.25 bits per heavy atom. The first kappa shape index (κ1) is 18.7. The number of likely N-dealkylation sites (tertiary alicyclic amines) is 1. The number of benzene rings is 1. The van der Waals surface area contributed by atoms with Crippen LogP contribution in [0.2, 0.25) is 0 Å². The summed E-state index contributed by atoms with van der Waals surface area (Å²) >= 11 is 0. The van der Waals surface area contributed by atoms with Crippen LogP contribution in [-0.4, -0.2) is 43.0 Å². The monoisotopic (exact) mass is 379 g/mol. The van der Waals surface area contributed by atoms with Gasteiger partial charge < -0.3 is 14.0 Å². The second kappa shape index (κ2) is 7.78. The molecule has 1 fully saturated rings. The molecule has 6 nitrogen and oxygen atoms in total. The Bertz CT molecular complexity index is 970. The molecular formula is C22H29N5O. The van der Waals surface area contributed by atoms with Crippen molar-refractivity contribution in [2.24, 2.45) is 11.8 Å². The minimum atomic E-state index is 0.175. The Morgan fingerprint density at radius 2 is 2.07 bits per heavy atom. The molecule has 0 aliphatic carbocycles. The fourth-order valence-corrected chi connectivity index (χ4v) is 4.24. The number of amides is 1. The smallest absolute Gasteiger partial charge is 0.219 e. The van der Waals surface area contributed by atoms with Gasteiger partial charge in [0.15, 0.2) is 11.6 Å². The summed E-state index contributed by atoms with van der Waals surface area (Å²) in [7, 11) is 0. The number of aromatic nitrogens is 4. The van der Waals surface area contributed by atoms with E-state index in [1.807, 2.05) is 23.4 Å². The third-order valence-corrected chi connectivity index (χ3v) is 5.54. The molecule has 0 saturated carbocycles. The van der Waals surface area contributed by atoms with E-state index in [9.17, 15) is 4.79 Å². The summed E-state index contributed by atoms with van der Waals surface area (Å²) in [6, 6.07) is 8.29. The van der Waals surface area contributed by atoms with E-state index in [0.29, 0.717) is 11.8 Å². The van der Waals surface area contributed by atoms with Crippen LogP contribution in [0.3, 0.4) is 0 Å². The average Bonchev–Trinajstić information content (AvgIpc) is 3.26. The van der Waals surface area contributed by atoms with Crippen molar-refractivity contribution in [1.29, 1.82) is 0 Å². The van der Waals surface area contributed by atoms with Gasteiger partial charge in [0.1, 0.15) is 0 Å². The molecule has 0 N–H and O–H groups in total. The van der Waals surface area contributed by atoms with E-state index in [1.54, 1.807) is 6.92 Å². The first-order valence-corrected chi connectivity index (χ1v) is 10.2. The summed E-state index contributed by atoms with van der Waals surface area (Å²) < 4.78 is 4.51. The molecule has 148 valence electrons. The molecule has 4 rings (SSSR count). The maximum Gasteiger partial charge on any atom is 0.219 e. The van der Waals surface area contributed by atoms with Gasteiger partial charge in [0.25, 0.3) is 0 Å². The molecule has 28 heavy (non-hydrogen) atoms. The Morgan fingerprint density at radius 3 is 2.86 bits per heavy atom. The SMILES string of the molecule is CC(=O)N1CCC[C@@H](Cn2ccnc2-c2nc3ccccc3n2CC(C)C)C1. The lowest BCUT2D eigenvalue weighted by Gasteiger charge is -2.32. The van der Waals surface area contributed by atoms with Crippen molar-refractivity contribution >= 4 is 16.9 Å². The van der Waals surface area contributed by atoms with Crippen LogP contribution in [0.25, 0.3) is 22.7 Å². The minimum absolute atomic E-state index is 0.175. The first-order valence-electron chi connectivity index (χ1n) is 10.2. The van der Waals surface area contributed by atoms with Gasteiger partial charge in [-0.2, -0.15) is 0 Å². The van der Waals surface area contributed by atoms with Crippen LogP contribution in [0, 0.1) is 11.8 Å². The molecule has 0 unspecified atom stereocenters. The Hall–Kier alpha value is -2.63. The largest absolute Gasteiger partial charge is 0.343 e. The van der Waals surface area contributed by atoms with Gasteiger partial charge in [0, 0.05) is 45.5 Å². The van der Waals surface area contributed by atoms with Crippen LogP contribution in [-0.2, 0) is 17.9 Å². The standard InChI is InChI=1S/C22H29N5O/c1-16(2)13-27-20-9-5-4-8-19(20)24-22(27)21-23-10-12-26(21)15-18-7-6-11-25(14-18)17(3)28/h4-5,8-10,12,16,18H,6-7,11,13-15H2,1-3H3/t18-/m1/s1. The highest BCUT2D eigenvalue weighted by Crippen LogP contribution is 2.27. The molecule has 3 aromatic rings.